The number of aromatic nitrogens is 1. The van der Waals surface area contributed by atoms with E-state index in [9.17, 15) is 14.4 Å². The van der Waals surface area contributed by atoms with Gasteiger partial charge in [0.2, 0.25) is 5.91 Å². The zero-order valence-electron chi connectivity index (χ0n) is 17.2. The fourth-order valence-corrected chi connectivity index (χ4v) is 4.47. The maximum absolute atomic E-state index is 12.8. The van der Waals surface area contributed by atoms with Gasteiger partial charge in [-0.25, -0.2) is 15.3 Å². The lowest BCUT2D eigenvalue weighted by atomic mass is 10.2. The number of imide groups is 1. The number of carbonyl (C=O) groups excluding carboxylic acids is 3. The lowest BCUT2D eigenvalue weighted by Crippen LogP contribution is -2.48. The molecule has 11 heteroatoms. The summed E-state index contributed by atoms with van der Waals surface area (Å²) in [6.45, 7) is 4.48. The van der Waals surface area contributed by atoms with E-state index in [0.717, 1.165) is 23.1 Å². The summed E-state index contributed by atoms with van der Waals surface area (Å²) >= 11 is 1.29. The molecule has 0 saturated carbocycles. The van der Waals surface area contributed by atoms with Gasteiger partial charge in [0, 0.05) is 19.2 Å². The first-order chi connectivity index (χ1) is 15.0. The molecule has 0 aliphatic carbocycles. The minimum Gasteiger partial charge on any atom is -0.497 e. The lowest BCUT2D eigenvalue weighted by molar-refractivity contribution is -0.121. The van der Waals surface area contributed by atoms with E-state index in [1.54, 1.807) is 31.2 Å². The third-order valence-corrected chi connectivity index (χ3v) is 6.31. The summed E-state index contributed by atoms with van der Waals surface area (Å²) in [6.07, 6.45) is -0.0585. The van der Waals surface area contributed by atoms with Crippen molar-refractivity contribution in [3.63, 3.8) is 0 Å². The minimum atomic E-state index is -0.852. The number of aryl methyl sites for hydroxylation is 1. The number of ether oxygens (including phenoxy) is 2. The van der Waals surface area contributed by atoms with E-state index in [1.807, 2.05) is 0 Å². The summed E-state index contributed by atoms with van der Waals surface area (Å²) in [7, 11) is 1.51. The van der Waals surface area contributed by atoms with Crippen LogP contribution in [0.25, 0.3) is 0 Å². The molecule has 4 rings (SSSR count). The third kappa shape index (κ3) is 4.38. The highest BCUT2D eigenvalue weighted by Gasteiger charge is 2.40. The molecule has 1 atom stereocenters. The third-order valence-electron chi connectivity index (χ3n) is 5.09. The Hall–Kier alpha value is -3.02. The summed E-state index contributed by atoms with van der Waals surface area (Å²) in [4.78, 5) is 46.0. The van der Waals surface area contributed by atoms with Gasteiger partial charge in [0.1, 0.15) is 16.7 Å². The molecular formula is C20H23N5O5S. The highest BCUT2D eigenvalue weighted by Crippen LogP contribution is 2.28. The predicted octanol–water partition coefficient (Wildman–Crippen LogP) is 0.863. The molecule has 31 heavy (non-hydrogen) atoms. The van der Waals surface area contributed by atoms with Gasteiger partial charge in [0.25, 0.3) is 11.8 Å². The van der Waals surface area contributed by atoms with Crippen LogP contribution in [0.15, 0.2) is 24.3 Å². The first kappa shape index (κ1) is 21.2. The Morgan fingerprint density at radius 3 is 2.81 bits per heavy atom. The van der Waals surface area contributed by atoms with Crippen LogP contribution in [0.2, 0.25) is 0 Å². The molecule has 2 N–H and O–H groups in total. The number of hydrogen-bond donors (Lipinski definition) is 2. The minimum absolute atomic E-state index is 0.0585. The number of amides is 3. The average molecular weight is 446 g/mol. The molecule has 0 radical (unpaired) electrons. The molecule has 164 valence electrons. The molecule has 2 saturated heterocycles. The number of anilines is 2. The van der Waals surface area contributed by atoms with E-state index in [2.05, 4.69) is 20.7 Å². The van der Waals surface area contributed by atoms with E-state index in [0.29, 0.717) is 35.2 Å². The van der Waals surface area contributed by atoms with Crippen molar-refractivity contribution in [3.05, 3.63) is 34.8 Å². The van der Waals surface area contributed by atoms with Crippen molar-refractivity contribution in [3.8, 4) is 5.75 Å². The Morgan fingerprint density at radius 2 is 2.06 bits per heavy atom. The topological polar surface area (TPSA) is 113 Å². The van der Waals surface area contributed by atoms with Gasteiger partial charge < -0.3 is 14.4 Å². The van der Waals surface area contributed by atoms with Crippen molar-refractivity contribution in [2.75, 3.05) is 43.2 Å². The van der Waals surface area contributed by atoms with Crippen molar-refractivity contribution in [2.24, 2.45) is 0 Å². The van der Waals surface area contributed by atoms with Crippen LogP contribution in [-0.4, -0.2) is 62.2 Å². The normalized spacial score (nSPS) is 19.1. The first-order valence-electron chi connectivity index (χ1n) is 9.84. The van der Waals surface area contributed by atoms with E-state index in [4.69, 9.17) is 9.47 Å². The molecule has 10 nitrogen and oxygen atoms in total. The first-order valence-corrected chi connectivity index (χ1v) is 10.7. The van der Waals surface area contributed by atoms with Gasteiger partial charge in [-0.1, -0.05) is 17.4 Å². The van der Waals surface area contributed by atoms with Crippen molar-refractivity contribution >= 4 is 39.9 Å². The second-order valence-electron chi connectivity index (χ2n) is 7.13. The zero-order valence-corrected chi connectivity index (χ0v) is 18.0. The molecule has 2 aliphatic rings. The van der Waals surface area contributed by atoms with Crippen LogP contribution in [0.5, 0.6) is 5.75 Å². The molecule has 2 aliphatic heterocycles. The average Bonchev–Trinajstić information content (AvgIpc) is 3.31. The van der Waals surface area contributed by atoms with Crippen molar-refractivity contribution in [1.82, 2.24) is 15.8 Å². The highest BCUT2D eigenvalue weighted by molar-refractivity contribution is 7.17. The Kier molecular flexibility index (Phi) is 6.16. The SMILES string of the molecule is COc1cccc(N2C(=O)C[C@H](NNC(=O)c3sc(N4CCOCC4)nc3C)C2=O)c1. The number of nitrogens with one attached hydrogen (secondary N) is 2. The fourth-order valence-electron chi connectivity index (χ4n) is 3.46. The molecule has 1 aromatic heterocycles. The fraction of sp³-hybridized carbons (Fsp3) is 0.400. The quantitative estimate of drug-likeness (QED) is 0.497. The van der Waals surface area contributed by atoms with E-state index in [-0.39, 0.29) is 12.3 Å². The molecule has 0 spiro atoms. The van der Waals surface area contributed by atoms with Gasteiger partial charge in [-0.2, -0.15) is 0 Å². The van der Waals surface area contributed by atoms with E-state index in [1.165, 1.54) is 18.4 Å². The standard InChI is InChI=1S/C20H23N5O5S/c1-12-17(31-20(21-12)24-6-8-30-9-7-24)18(27)23-22-15-11-16(26)25(19(15)28)13-4-3-5-14(10-13)29-2/h3-5,10,15,22H,6-9,11H2,1-2H3,(H,23,27)/t15-/m0/s1. The van der Waals surface area contributed by atoms with Gasteiger partial charge in [-0.05, 0) is 19.1 Å². The van der Waals surface area contributed by atoms with Crippen molar-refractivity contribution in [1.29, 1.82) is 0 Å². The van der Waals surface area contributed by atoms with Crippen LogP contribution in [0, 0.1) is 6.92 Å². The Morgan fingerprint density at radius 1 is 1.29 bits per heavy atom. The molecule has 2 fully saturated rings. The van der Waals surface area contributed by atoms with E-state index >= 15 is 0 Å². The number of hydrazine groups is 1. The van der Waals surface area contributed by atoms with Crippen LogP contribution >= 0.6 is 11.3 Å². The van der Waals surface area contributed by atoms with Gasteiger partial charge in [0.05, 0.1) is 38.1 Å². The smallest absolute Gasteiger partial charge is 0.277 e. The zero-order chi connectivity index (χ0) is 22.0. The summed E-state index contributed by atoms with van der Waals surface area (Å²) in [5, 5.41) is 0.766. The summed E-state index contributed by atoms with van der Waals surface area (Å²) < 4.78 is 10.5. The van der Waals surface area contributed by atoms with Crippen molar-refractivity contribution in [2.45, 2.75) is 19.4 Å². The monoisotopic (exact) mass is 445 g/mol. The number of carbonyl (C=O) groups is 3. The van der Waals surface area contributed by atoms with Gasteiger partial charge >= 0.3 is 0 Å². The Bertz CT molecular complexity index is 1000. The molecule has 0 unspecified atom stereocenters. The van der Waals surface area contributed by atoms with Crippen LogP contribution in [0.1, 0.15) is 21.8 Å². The van der Waals surface area contributed by atoms with Gasteiger partial charge in [0.15, 0.2) is 5.13 Å². The van der Waals surface area contributed by atoms with Crippen LogP contribution in [-0.2, 0) is 14.3 Å². The van der Waals surface area contributed by atoms with Gasteiger partial charge in [-0.3, -0.25) is 19.8 Å². The molecule has 3 heterocycles. The number of methoxy groups -OCH3 is 1. The summed E-state index contributed by atoms with van der Waals surface area (Å²) in [5.41, 5.74) is 6.30. The van der Waals surface area contributed by atoms with Crippen LogP contribution < -0.4 is 25.4 Å². The Balaban J connectivity index is 1.40. The number of hydrogen-bond acceptors (Lipinski definition) is 9. The Labute approximate surface area is 183 Å². The van der Waals surface area contributed by atoms with Crippen molar-refractivity contribution < 1.29 is 23.9 Å². The lowest BCUT2D eigenvalue weighted by Gasteiger charge is -2.25. The molecule has 3 amide bonds. The predicted molar refractivity (Wildman–Crippen MR) is 114 cm³/mol. The van der Waals surface area contributed by atoms with E-state index < -0.39 is 17.9 Å². The number of morpholine rings is 1. The molecular weight excluding hydrogens is 422 g/mol. The van der Waals surface area contributed by atoms with Crippen LogP contribution in [0.4, 0.5) is 10.8 Å². The number of nitrogens with zero attached hydrogens (tertiary/aromatic N) is 3. The second-order valence-corrected chi connectivity index (χ2v) is 8.11. The maximum Gasteiger partial charge on any atom is 0.277 e. The molecule has 0 bridgehead atoms. The summed E-state index contributed by atoms with van der Waals surface area (Å²) in [6, 6.07) is 5.86. The molecule has 1 aromatic carbocycles. The number of benzene rings is 1. The molecule has 2 aromatic rings. The largest absolute Gasteiger partial charge is 0.497 e. The van der Waals surface area contributed by atoms with Gasteiger partial charge in [-0.15, -0.1) is 0 Å². The summed E-state index contributed by atoms with van der Waals surface area (Å²) in [5.74, 6) is -0.642. The van der Waals surface area contributed by atoms with Crippen LogP contribution in [0.3, 0.4) is 0 Å². The number of thiazole rings is 1. The maximum atomic E-state index is 12.8. The second kappa shape index (κ2) is 9.00. The highest BCUT2D eigenvalue weighted by atomic mass is 32.1. The number of rotatable bonds is 6.